The summed E-state index contributed by atoms with van der Waals surface area (Å²) in [6, 6.07) is 0. The lowest BCUT2D eigenvalue weighted by Gasteiger charge is -2.32. The second-order valence-electron chi connectivity index (χ2n) is 7.81. The maximum absolute atomic E-state index is 2.57. The van der Waals surface area contributed by atoms with E-state index in [1.54, 1.807) is 32.1 Å². The summed E-state index contributed by atoms with van der Waals surface area (Å²) >= 11 is 0. The first-order valence-electron chi connectivity index (χ1n) is 8.29. The molecule has 0 N–H and O–H groups in total. The van der Waals surface area contributed by atoms with Crippen molar-refractivity contribution >= 4 is 0 Å². The molecule has 0 aromatic rings. The Morgan fingerprint density at radius 3 is 2.53 bits per heavy atom. The van der Waals surface area contributed by atoms with Crippen molar-refractivity contribution in [2.45, 2.75) is 58.8 Å². The maximum atomic E-state index is 2.57. The lowest BCUT2D eigenvalue weighted by Crippen LogP contribution is -2.26. The van der Waals surface area contributed by atoms with E-state index in [4.69, 9.17) is 0 Å². The molecule has 96 valence electrons. The summed E-state index contributed by atoms with van der Waals surface area (Å²) in [5.41, 5.74) is 0. The zero-order valence-corrected chi connectivity index (χ0v) is 11.6. The highest BCUT2D eigenvalue weighted by atomic mass is 14.7. The Kier molecular flexibility index (Phi) is 2.40. The molecule has 8 atom stereocenters. The molecule has 4 aliphatic rings. The largest absolute Gasteiger partial charge is 0.0654 e. The van der Waals surface area contributed by atoms with Crippen LogP contribution in [0.2, 0.25) is 0 Å². The van der Waals surface area contributed by atoms with Crippen molar-refractivity contribution in [2.24, 2.45) is 47.3 Å². The van der Waals surface area contributed by atoms with Crippen LogP contribution >= 0.6 is 0 Å². The summed E-state index contributed by atoms with van der Waals surface area (Å²) in [4.78, 5) is 0. The summed E-state index contributed by atoms with van der Waals surface area (Å²) in [5, 5.41) is 0. The van der Waals surface area contributed by atoms with Gasteiger partial charge in [0.05, 0.1) is 0 Å². The molecule has 4 saturated carbocycles. The van der Waals surface area contributed by atoms with E-state index in [2.05, 4.69) is 13.8 Å². The van der Waals surface area contributed by atoms with Gasteiger partial charge < -0.3 is 0 Å². The Labute approximate surface area is 107 Å². The van der Waals surface area contributed by atoms with Gasteiger partial charge in [-0.1, -0.05) is 26.7 Å². The minimum absolute atomic E-state index is 1.06. The van der Waals surface area contributed by atoms with Gasteiger partial charge >= 0.3 is 0 Å². The standard InChI is InChI=1S/C17H28/c1-3-4-12-7-10(2)14-9-15-11-5-6-13(8-11)17(15)16(12)14/h10-17H,3-9H2,1-2H3. The topological polar surface area (TPSA) is 0 Å². The highest BCUT2D eigenvalue weighted by molar-refractivity contribution is 5.09. The lowest BCUT2D eigenvalue weighted by molar-refractivity contribution is 0.164. The van der Waals surface area contributed by atoms with Crippen LogP contribution < -0.4 is 0 Å². The summed E-state index contributed by atoms with van der Waals surface area (Å²) < 4.78 is 0. The van der Waals surface area contributed by atoms with Crippen LogP contribution in [0.15, 0.2) is 0 Å². The van der Waals surface area contributed by atoms with Gasteiger partial charge in [-0.15, -0.1) is 0 Å². The lowest BCUT2D eigenvalue weighted by atomic mass is 9.73. The van der Waals surface area contributed by atoms with E-state index in [-0.39, 0.29) is 0 Å². The van der Waals surface area contributed by atoms with Gasteiger partial charge in [-0.25, -0.2) is 0 Å². The Hall–Kier alpha value is 0. The molecule has 0 spiro atoms. The van der Waals surface area contributed by atoms with E-state index in [1.807, 2.05) is 0 Å². The van der Waals surface area contributed by atoms with Crippen LogP contribution in [-0.2, 0) is 0 Å². The predicted molar refractivity (Wildman–Crippen MR) is 71.6 cm³/mol. The van der Waals surface area contributed by atoms with Gasteiger partial charge in [0.1, 0.15) is 0 Å². The van der Waals surface area contributed by atoms with Crippen molar-refractivity contribution in [3.05, 3.63) is 0 Å². The van der Waals surface area contributed by atoms with Crippen LogP contribution in [-0.4, -0.2) is 0 Å². The highest BCUT2D eigenvalue weighted by Gasteiger charge is 2.60. The Bertz CT molecular complexity index is 307. The summed E-state index contributed by atoms with van der Waals surface area (Å²) in [6.07, 6.45) is 11.0. The van der Waals surface area contributed by atoms with Crippen LogP contribution in [0.1, 0.15) is 58.8 Å². The zero-order chi connectivity index (χ0) is 11.6. The van der Waals surface area contributed by atoms with Crippen LogP contribution in [0.25, 0.3) is 0 Å². The Balaban J connectivity index is 1.62. The van der Waals surface area contributed by atoms with Gasteiger partial charge in [-0.2, -0.15) is 0 Å². The molecular formula is C17H28. The molecule has 0 heteroatoms. The molecule has 0 nitrogen and oxygen atoms in total. The molecule has 0 aromatic heterocycles. The van der Waals surface area contributed by atoms with Crippen molar-refractivity contribution in [1.29, 1.82) is 0 Å². The third-order valence-corrected chi connectivity index (χ3v) is 7.25. The molecule has 8 unspecified atom stereocenters. The average Bonchev–Trinajstić information content (AvgIpc) is 3.01. The van der Waals surface area contributed by atoms with Gasteiger partial charge in [-0.05, 0) is 79.4 Å². The zero-order valence-electron chi connectivity index (χ0n) is 11.6. The predicted octanol–water partition coefficient (Wildman–Crippen LogP) is 4.74. The number of rotatable bonds is 2. The highest BCUT2D eigenvalue weighted by Crippen LogP contribution is 2.68. The van der Waals surface area contributed by atoms with Gasteiger partial charge in [-0.3, -0.25) is 0 Å². The van der Waals surface area contributed by atoms with Crippen molar-refractivity contribution in [2.75, 3.05) is 0 Å². The van der Waals surface area contributed by atoms with E-state index in [9.17, 15) is 0 Å². The molecule has 0 saturated heterocycles. The van der Waals surface area contributed by atoms with Gasteiger partial charge in [0.15, 0.2) is 0 Å². The van der Waals surface area contributed by atoms with Gasteiger partial charge in [0, 0.05) is 0 Å². The molecule has 4 aliphatic carbocycles. The quantitative estimate of drug-likeness (QED) is 0.645. The molecule has 4 rings (SSSR count). The van der Waals surface area contributed by atoms with Crippen molar-refractivity contribution < 1.29 is 0 Å². The molecule has 0 radical (unpaired) electrons. The van der Waals surface area contributed by atoms with E-state index in [1.165, 1.54) is 42.4 Å². The minimum atomic E-state index is 1.06. The molecular weight excluding hydrogens is 204 g/mol. The van der Waals surface area contributed by atoms with Crippen LogP contribution in [0, 0.1) is 47.3 Å². The first-order chi connectivity index (χ1) is 8.29. The van der Waals surface area contributed by atoms with E-state index in [0.29, 0.717) is 0 Å². The molecule has 17 heavy (non-hydrogen) atoms. The second-order valence-corrected chi connectivity index (χ2v) is 7.81. The first kappa shape index (κ1) is 10.9. The minimum Gasteiger partial charge on any atom is -0.0654 e. The smallest absolute Gasteiger partial charge is 0.0321 e. The molecule has 4 fully saturated rings. The van der Waals surface area contributed by atoms with Crippen molar-refractivity contribution in [3.8, 4) is 0 Å². The van der Waals surface area contributed by atoms with E-state index < -0.39 is 0 Å². The summed E-state index contributed by atoms with van der Waals surface area (Å²) in [7, 11) is 0. The molecule has 0 aromatic carbocycles. The average molecular weight is 232 g/mol. The van der Waals surface area contributed by atoms with Crippen molar-refractivity contribution in [3.63, 3.8) is 0 Å². The first-order valence-corrected chi connectivity index (χ1v) is 8.29. The van der Waals surface area contributed by atoms with Crippen LogP contribution in [0.3, 0.4) is 0 Å². The maximum Gasteiger partial charge on any atom is -0.0321 e. The Morgan fingerprint density at radius 1 is 0.882 bits per heavy atom. The third kappa shape index (κ3) is 1.36. The fraction of sp³-hybridized carbons (Fsp3) is 1.00. The number of hydrogen-bond donors (Lipinski definition) is 0. The monoisotopic (exact) mass is 232 g/mol. The normalized spacial score (nSPS) is 59.6. The summed E-state index contributed by atoms with van der Waals surface area (Å²) in [6.45, 7) is 4.96. The van der Waals surface area contributed by atoms with E-state index in [0.717, 1.165) is 17.8 Å². The fourth-order valence-corrected chi connectivity index (χ4v) is 6.93. The fourth-order valence-electron chi connectivity index (χ4n) is 6.93. The Morgan fingerprint density at radius 2 is 1.71 bits per heavy atom. The SMILES string of the molecule is CCCC1CC(C)C2CC3C4CCC(C4)C3C12. The molecule has 2 bridgehead atoms. The van der Waals surface area contributed by atoms with Crippen LogP contribution in [0.5, 0.6) is 0 Å². The summed E-state index contributed by atoms with van der Waals surface area (Å²) in [5.74, 6) is 9.21. The molecule has 0 aliphatic heterocycles. The van der Waals surface area contributed by atoms with Gasteiger partial charge in [0.25, 0.3) is 0 Å². The van der Waals surface area contributed by atoms with E-state index >= 15 is 0 Å². The van der Waals surface area contributed by atoms with Crippen molar-refractivity contribution in [1.82, 2.24) is 0 Å². The molecule has 0 heterocycles. The van der Waals surface area contributed by atoms with Crippen LogP contribution in [0.4, 0.5) is 0 Å². The molecule has 0 amide bonds. The van der Waals surface area contributed by atoms with Gasteiger partial charge in [0.2, 0.25) is 0 Å². The number of hydrogen-bond acceptors (Lipinski definition) is 0. The third-order valence-electron chi connectivity index (χ3n) is 7.25. The number of fused-ring (bicyclic) bond motifs is 7. The second kappa shape index (κ2) is 3.75.